The van der Waals surface area contributed by atoms with E-state index in [0.29, 0.717) is 0 Å². The normalized spacial score (nSPS) is 13.6. The molecule has 1 N–H and O–H groups in total. The topological polar surface area (TPSA) is 66.5 Å². The minimum absolute atomic E-state index is 0.116. The maximum absolute atomic E-state index is 13.2. The maximum atomic E-state index is 13.2. The van der Waals surface area contributed by atoms with Crippen molar-refractivity contribution in [3.63, 3.8) is 0 Å². The molecule has 146 valence electrons. The Bertz CT molecular complexity index is 855. The van der Waals surface area contributed by atoms with E-state index in [1.807, 2.05) is 37.3 Å². The Labute approximate surface area is 160 Å². The number of carbonyl (C=O) groups is 1. The van der Waals surface area contributed by atoms with E-state index in [0.717, 1.165) is 23.4 Å². The van der Waals surface area contributed by atoms with Gasteiger partial charge >= 0.3 is 0 Å². The van der Waals surface area contributed by atoms with E-state index in [2.05, 4.69) is 5.32 Å². The molecule has 0 saturated carbocycles. The van der Waals surface area contributed by atoms with Crippen LogP contribution in [-0.4, -0.2) is 32.7 Å². The predicted octanol–water partition coefficient (Wildman–Crippen LogP) is 3.12. The number of halogens is 1. The summed E-state index contributed by atoms with van der Waals surface area (Å²) in [4.78, 5) is 12.6. The Morgan fingerprint density at radius 1 is 1.07 bits per heavy atom. The van der Waals surface area contributed by atoms with Crippen LogP contribution in [0.2, 0.25) is 0 Å². The fourth-order valence-electron chi connectivity index (χ4n) is 2.86. The SMILES string of the molecule is C[C@@H](CCc1ccccc1)NC(=O)[C@H](C)N(c1ccc(F)cc1)S(C)(=O)=O. The van der Waals surface area contributed by atoms with Gasteiger partial charge < -0.3 is 5.32 Å². The fourth-order valence-corrected chi connectivity index (χ4v) is 4.04. The lowest BCUT2D eigenvalue weighted by atomic mass is 10.1. The molecule has 2 rings (SSSR count). The third-order valence-electron chi connectivity index (χ3n) is 4.27. The van der Waals surface area contributed by atoms with Crippen LogP contribution in [0.1, 0.15) is 25.8 Å². The first-order valence-corrected chi connectivity index (χ1v) is 10.6. The molecule has 0 aliphatic heterocycles. The molecule has 0 aliphatic rings. The summed E-state index contributed by atoms with van der Waals surface area (Å²) in [5.41, 5.74) is 1.43. The second kappa shape index (κ2) is 8.99. The fraction of sp³-hybridized carbons (Fsp3) is 0.350. The van der Waals surface area contributed by atoms with Crippen LogP contribution in [0.5, 0.6) is 0 Å². The summed E-state index contributed by atoms with van der Waals surface area (Å²) in [6.45, 7) is 3.40. The van der Waals surface area contributed by atoms with Gasteiger partial charge in [0.2, 0.25) is 15.9 Å². The molecule has 2 aromatic rings. The van der Waals surface area contributed by atoms with Crippen molar-refractivity contribution in [2.45, 2.75) is 38.8 Å². The van der Waals surface area contributed by atoms with E-state index >= 15 is 0 Å². The van der Waals surface area contributed by atoms with Gasteiger partial charge in [-0.15, -0.1) is 0 Å². The van der Waals surface area contributed by atoms with Gasteiger partial charge in [0.1, 0.15) is 11.9 Å². The van der Waals surface area contributed by atoms with Crippen molar-refractivity contribution < 1.29 is 17.6 Å². The van der Waals surface area contributed by atoms with Crippen molar-refractivity contribution in [3.05, 3.63) is 66.0 Å². The number of nitrogens with zero attached hydrogens (tertiary/aromatic N) is 1. The molecule has 7 heteroatoms. The quantitative estimate of drug-likeness (QED) is 0.751. The lowest BCUT2D eigenvalue weighted by molar-refractivity contribution is -0.122. The van der Waals surface area contributed by atoms with E-state index in [4.69, 9.17) is 0 Å². The summed E-state index contributed by atoms with van der Waals surface area (Å²) in [5.74, 6) is -0.871. The second-order valence-electron chi connectivity index (χ2n) is 6.65. The molecule has 0 aromatic heterocycles. The van der Waals surface area contributed by atoms with Gasteiger partial charge in [-0.2, -0.15) is 0 Å². The molecule has 0 spiro atoms. The molecule has 0 saturated heterocycles. The Morgan fingerprint density at radius 3 is 2.22 bits per heavy atom. The van der Waals surface area contributed by atoms with Crippen LogP contribution in [0.25, 0.3) is 0 Å². The van der Waals surface area contributed by atoms with Crippen LogP contribution in [0.15, 0.2) is 54.6 Å². The number of hydrogen-bond donors (Lipinski definition) is 1. The third-order valence-corrected chi connectivity index (χ3v) is 5.51. The van der Waals surface area contributed by atoms with Crippen LogP contribution < -0.4 is 9.62 Å². The summed E-state index contributed by atoms with van der Waals surface area (Å²) in [5, 5.41) is 2.86. The number of sulfonamides is 1. The van der Waals surface area contributed by atoms with Crippen molar-refractivity contribution in [2.75, 3.05) is 10.6 Å². The molecule has 1 amide bonds. The number of hydrogen-bond acceptors (Lipinski definition) is 3. The highest BCUT2D eigenvalue weighted by Crippen LogP contribution is 2.21. The molecule has 2 aromatic carbocycles. The average molecular weight is 392 g/mol. The average Bonchev–Trinajstić information content (AvgIpc) is 2.61. The Kier molecular flexibility index (Phi) is 6.96. The Balaban J connectivity index is 2.04. The van der Waals surface area contributed by atoms with E-state index in [1.54, 1.807) is 0 Å². The molecule has 0 radical (unpaired) electrons. The summed E-state index contributed by atoms with van der Waals surface area (Å²) in [7, 11) is -3.72. The minimum atomic E-state index is -3.72. The second-order valence-corrected chi connectivity index (χ2v) is 8.50. The number of carbonyl (C=O) groups excluding carboxylic acids is 1. The largest absolute Gasteiger partial charge is 0.352 e. The third kappa shape index (κ3) is 6.06. The molecular formula is C20H25FN2O3S. The van der Waals surface area contributed by atoms with Gasteiger partial charge in [-0.25, -0.2) is 12.8 Å². The number of nitrogens with one attached hydrogen (secondary N) is 1. The smallest absolute Gasteiger partial charge is 0.243 e. The van der Waals surface area contributed by atoms with Crippen LogP contribution in [0, 0.1) is 5.82 Å². The highest BCUT2D eigenvalue weighted by atomic mass is 32.2. The molecule has 27 heavy (non-hydrogen) atoms. The first kappa shape index (κ1) is 20.9. The maximum Gasteiger partial charge on any atom is 0.243 e. The van der Waals surface area contributed by atoms with Crippen LogP contribution >= 0.6 is 0 Å². The molecular weight excluding hydrogens is 367 g/mol. The zero-order chi connectivity index (χ0) is 20.0. The zero-order valence-corrected chi connectivity index (χ0v) is 16.5. The molecule has 0 heterocycles. The summed E-state index contributed by atoms with van der Waals surface area (Å²) < 4.78 is 38.6. The van der Waals surface area contributed by atoms with Gasteiger partial charge in [-0.1, -0.05) is 30.3 Å². The summed E-state index contributed by atoms with van der Waals surface area (Å²) >= 11 is 0. The van der Waals surface area contributed by atoms with Crippen molar-refractivity contribution in [3.8, 4) is 0 Å². The van der Waals surface area contributed by atoms with Crippen molar-refractivity contribution in [1.29, 1.82) is 0 Å². The molecule has 0 aliphatic carbocycles. The number of amides is 1. The first-order valence-electron chi connectivity index (χ1n) is 8.77. The van der Waals surface area contributed by atoms with Crippen molar-refractivity contribution in [1.82, 2.24) is 5.32 Å². The van der Waals surface area contributed by atoms with Gasteiger partial charge in [0.05, 0.1) is 11.9 Å². The Hall–Kier alpha value is -2.41. The molecule has 2 atom stereocenters. The van der Waals surface area contributed by atoms with Crippen LogP contribution in [0.3, 0.4) is 0 Å². The van der Waals surface area contributed by atoms with Crippen molar-refractivity contribution >= 4 is 21.6 Å². The molecule has 0 bridgehead atoms. The summed E-state index contributed by atoms with van der Waals surface area (Å²) in [6.07, 6.45) is 2.57. The molecule has 5 nitrogen and oxygen atoms in total. The van der Waals surface area contributed by atoms with Gasteiger partial charge in [-0.05, 0) is 56.5 Å². The monoisotopic (exact) mass is 392 g/mol. The van der Waals surface area contributed by atoms with Gasteiger partial charge in [0, 0.05) is 6.04 Å². The zero-order valence-electron chi connectivity index (χ0n) is 15.7. The highest BCUT2D eigenvalue weighted by Gasteiger charge is 2.29. The van der Waals surface area contributed by atoms with Crippen LogP contribution in [0.4, 0.5) is 10.1 Å². The number of anilines is 1. The highest BCUT2D eigenvalue weighted by molar-refractivity contribution is 7.92. The number of benzene rings is 2. The molecule has 0 unspecified atom stereocenters. The van der Waals surface area contributed by atoms with E-state index in [9.17, 15) is 17.6 Å². The van der Waals surface area contributed by atoms with E-state index < -0.39 is 27.8 Å². The van der Waals surface area contributed by atoms with Crippen molar-refractivity contribution in [2.24, 2.45) is 0 Å². The van der Waals surface area contributed by atoms with Crippen LogP contribution in [-0.2, 0) is 21.2 Å². The van der Waals surface area contributed by atoms with E-state index in [-0.39, 0.29) is 11.7 Å². The summed E-state index contributed by atoms with van der Waals surface area (Å²) in [6, 6.07) is 13.9. The predicted molar refractivity (Wildman–Crippen MR) is 106 cm³/mol. The lowest BCUT2D eigenvalue weighted by Gasteiger charge is -2.29. The van der Waals surface area contributed by atoms with Gasteiger partial charge in [-0.3, -0.25) is 9.10 Å². The standard InChI is InChI=1S/C20H25FN2O3S/c1-15(9-10-17-7-5-4-6-8-17)22-20(24)16(2)23(27(3,25)26)19-13-11-18(21)12-14-19/h4-8,11-16H,9-10H2,1-3H3,(H,22,24)/t15-,16-/m0/s1. The molecule has 0 fully saturated rings. The van der Waals surface area contributed by atoms with Gasteiger partial charge in [0.15, 0.2) is 0 Å². The van der Waals surface area contributed by atoms with Gasteiger partial charge in [0.25, 0.3) is 0 Å². The lowest BCUT2D eigenvalue weighted by Crippen LogP contribution is -2.50. The Morgan fingerprint density at radius 2 is 1.67 bits per heavy atom. The first-order chi connectivity index (χ1) is 12.7. The number of rotatable bonds is 8. The number of aryl methyl sites for hydroxylation is 1. The van der Waals surface area contributed by atoms with E-state index in [1.165, 1.54) is 36.8 Å². The minimum Gasteiger partial charge on any atom is -0.352 e.